The Labute approximate surface area is 113 Å². The van der Waals surface area contributed by atoms with Crippen LogP contribution in [0.25, 0.3) is 0 Å². The molecule has 0 radical (unpaired) electrons. The van der Waals surface area contributed by atoms with Crippen LogP contribution in [0.15, 0.2) is 24.3 Å². The third kappa shape index (κ3) is 3.46. The summed E-state index contributed by atoms with van der Waals surface area (Å²) in [6.45, 7) is 3.72. The second kappa shape index (κ2) is 6.04. The van der Waals surface area contributed by atoms with Gasteiger partial charge in [-0.2, -0.15) is 0 Å². The van der Waals surface area contributed by atoms with Gasteiger partial charge in [0.15, 0.2) is 0 Å². The Morgan fingerprint density at radius 1 is 1.47 bits per heavy atom. The van der Waals surface area contributed by atoms with E-state index in [0.717, 1.165) is 31.6 Å². The Balaban J connectivity index is 1.92. The highest BCUT2D eigenvalue weighted by atomic mass is 19.1. The first-order valence-electron chi connectivity index (χ1n) is 6.83. The van der Waals surface area contributed by atoms with E-state index < -0.39 is 5.97 Å². The molecule has 0 aliphatic carbocycles. The molecule has 1 fully saturated rings. The lowest BCUT2D eigenvalue weighted by Crippen LogP contribution is -2.22. The highest BCUT2D eigenvalue weighted by molar-refractivity contribution is 5.69. The van der Waals surface area contributed by atoms with E-state index in [1.807, 2.05) is 6.92 Å². The Morgan fingerprint density at radius 2 is 2.16 bits per heavy atom. The quantitative estimate of drug-likeness (QED) is 0.889. The van der Waals surface area contributed by atoms with Crippen LogP contribution in [-0.4, -0.2) is 24.2 Å². The number of aliphatic carboxylic acids is 1. The van der Waals surface area contributed by atoms with Crippen LogP contribution in [0, 0.1) is 17.7 Å². The summed E-state index contributed by atoms with van der Waals surface area (Å²) < 4.78 is 12.9. The molecule has 2 rings (SSSR count). The Bertz CT molecular complexity index is 432. The van der Waals surface area contributed by atoms with Gasteiger partial charge in [0.1, 0.15) is 5.82 Å². The molecule has 1 saturated heterocycles. The van der Waals surface area contributed by atoms with Gasteiger partial charge in [0, 0.05) is 18.8 Å². The molecule has 1 N–H and O–H groups in total. The number of hydrogen-bond donors (Lipinski definition) is 1. The molecule has 1 aliphatic heterocycles. The average molecular weight is 265 g/mol. The number of benzene rings is 1. The molecule has 0 saturated carbocycles. The van der Waals surface area contributed by atoms with Crippen LogP contribution < -0.4 is 4.90 Å². The fourth-order valence-corrected chi connectivity index (χ4v) is 2.76. The van der Waals surface area contributed by atoms with Crippen molar-refractivity contribution in [3.8, 4) is 0 Å². The summed E-state index contributed by atoms with van der Waals surface area (Å²) in [6.07, 6.45) is 2.44. The molecule has 0 aromatic heterocycles. The van der Waals surface area contributed by atoms with E-state index in [9.17, 15) is 9.18 Å². The second-order valence-corrected chi connectivity index (χ2v) is 5.26. The maximum absolute atomic E-state index is 12.9. The minimum Gasteiger partial charge on any atom is -0.481 e. The molecule has 4 heteroatoms. The first-order chi connectivity index (χ1) is 9.10. The lowest BCUT2D eigenvalue weighted by Gasteiger charge is -2.19. The highest BCUT2D eigenvalue weighted by Crippen LogP contribution is 2.29. The van der Waals surface area contributed by atoms with E-state index in [0.29, 0.717) is 12.3 Å². The molecule has 2 unspecified atom stereocenters. The zero-order valence-corrected chi connectivity index (χ0v) is 11.2. The predicted molar refractivity (Wildman–Crippen MR) is 72.8 cm³/mol. The van der Waals surface area contributed by atoms with Crippen LogP contribution >= 0.6 is 0 Å². The lowest BCUT2D eigenvalue weighted by molar-refractivity contribution is -0.142. The molecule has 3 nitrogen and oxygen atoms in total. The lowest BCUT2D eigenvalue weighted by atomic mass is 9.92. The molecular formula is C15H20FNO2. The van der Waals surface area contributed by atoms with E-state index in [1.165, 1.54) is 12.1 Å². The zero-order chi connectivity index (χ0) is 13.8. The minimum atomic E-state index is -0.692. The molecular weight excluding hydrogens is 245 g/mol. The van der Waals surface area contributed by atoms with E-state index in [-0.39, 0.29) is 11.7 Å². The van der Waals surface area contributed by atoms with Gasteiger partial charge < -0.3 is 10.0 Å². The van der Waals surface area contributed by atoms with E-state index in [1.54, 1.807) is 12.1 Å². The number of carboxylic acid groups (broad SMARTS) is 1. The largest absolute Gasteiger partial charge is 0.481 e. The molecule has 19 heavy (non-hydrogen) atoms. The number of hydrogen-bond acceptors (Lipinski definition) is 2. The van der Waals surface area contributed by atoms with Crippen molar-refractivity contribution >= 4 is 11.7 Å². The van der Waals surface area contributed by atoms with Crippen LogP contribution in [0.1, 0.15) is 26.2 Å². The minimum absolute atomic E-state index is 0.226. The van der Waals surface area contributed by atoms with Crippen molar-refractivity contribution in [2.24, 2.45) is 11.8 Å². The second-order valence-electron chi connectivity index (χ2n) is 5.26. The SMILES string of the molecule is CCC(CC1CCN(c2ccc(F)cc2)C1)C(=O)O. The van der Waals surface area contributed by atoms with Crippen molar-refractivity contribution in [2.75, 3.05) is 18.0 Å². The summed E-state index contributed by atoms with van der Waals surface area (Å²) in [6, 6.07) is 6.50. The standard InChI is InChI=1S/C15H20FNO2/c1-2-12(15(18)19)9-11-7-8-17(10-11)14-5-3-13(16)4-6-14/h3-6,11-12H,2,7-10H2,1H3,(H,18,19). The van der Waals surface area contributed by atoms with Crippen molar-refractivity contribution < 1.29 is 14.3 Å². The van der Waals surface area contributed by atoms with Gasteiger partial charge in [-0.3, -0.25) is 4.79 Å². The van der Waals surface area contributed by atoms with Crippen LogP contribution in [0.4, 0.5) is 10.1 Å². The summed E-state index contributed by atoms with van der Waals surface area (Å²) in [5, 5.41) is 9.09. The van der Waals surface area contributed by atoms with Gasteiger partial charge in [-0.25, -0.2) is 4.39 Å². The van der Waals surface area contributed by atoms with Gasteiger partial charge in [-0.15, -0.1) is 0 Å². The van der Waals surface area contributed by atoms with Crippen molar-refractivity contribution in [1.29, 1.82) is 0 Å². The molecule has 2 atom stereocenters. The van der Waals surface area contributed by atoms with Gasteiger partial charge in [0.25, 0.3) is 0 Å². The molecule has 1 heterocycles. The third-order valence-electron chi connectivity index (χ3n) is 3.94. The van der Waals surface area contributed by atoms with Gasteiger partial charge >= 0.3 is 5.97 Å². The van der Waals surface area contributed by atoms with Gasteiger partial charge in [-0.05, 0) is 49.4 Å². The molecule has 1 aromatic rings. The summed E-state index contributed by atoms with van der Waals surface area (Å²) in [4.78, 5) is 13.3. The Morgan fingerprint density at radius 3 is 2.74 bits per heavy atom. The molecule has 1 aromatic carbocycles. The summed E-state index contributed by atoms with van der Waals surface area (Å²) in [5.74, 6) is -0.733. The zero-order valence-electron chi connectivity index (χ0n) is 11.2. The number of nitrogens with zero attached hydrogens (tertiary/aromatic N) is 1. The van der Waals surface area contributed by atoms with Crippen LogP contribution in [0.2, 0.25) is 0 Å². The van der Waals surface area contributed by atoms with E-state index in [2.05, 4.69) is 4.90 Å². The van der Waals surface area contributed by atoms with E-state index in [4.69, 9.17) is 5.11 Å². The number of halogens is 1. The topological polar surface area (TPSA) is 40.5 Å². The number of carboxylic acids is 1. The maximum atomic E-state index is 12.9. The fourth-order valence-electron chi connectivity index (χ4n) is 2.76. The van der Waals surface area contributed by atoms with Crippen molar-refractivity contribution in [2.45, 2.75) is 26.2 Å². The molecule has 0 bridgehead atoms. The van der Waals surface area contributed by atoms with Crippen LogP contribution in [0.3, 0.4) is 0 Å². The van der Waals surface area contributed by atoms with Crippen molar-refractivity contribution in [3.05, 3.63) is 30.1 Å². The Hall–Kier alpha value is -1.58. The molecule has 0 spiro atoms. The van der Waals surface area contributed by atoms with E-state index >= 15 is 0 Å². The first kappa shape index (κ1) is 13.8. The van der Waals surface area contributed by atoms with Gasteiger partial charge in [0.2, 0.25) is 0 Å². The summed E-state index contributed by atoms with van der Waals surface area (Å²) >= 11 is 0. The smallest absolute Gasteiger partial charge is 0.306 e. The average Bonchev–Trinajstić information content (AvgIpc) is 2.85. The Kier molecular flexibility index (Phi) is 4.40. The summed E-state index contributed by atoms with van der Waals surface area (Å²) in [5.41, 5.74) is 1.02. The molecule has 104 valence electrons. The number of rotatable bonds is 5. The molecule has 1 aliphatic rings. The predicted octanol–water partition coefficient (Wildman–Crippen LogP) is 3.15. The normalized spacial score (nSPS) is 20.5. The van der Waals surface area contributed by atoms with Crippen molar-refractivity contribution in [1.82, 2.24) is 0 Å². The maximum Gasteiger partial charge on any atom is 0.306 e. The first-order valence-corrected chi connectivity index (χ1v) is 6.83. The molecule has 0 amide bonds. The third-order valence-corrected chi connectivity index (χ3v) is 3.94. The number of anilines is 1. The van der Waals surface area contributed by atoms with Crippen LogP contribution in [0.5, 0.6) is 0 Å². The summed E-state index contributed by atoms with van der Waals surface area (Å²) in [7, 11) is 0. The monoisotopic (exact) mass is 265 g/mol. The fraction of sp³-hybridized carbons (Fsp3) is 0.533. The highest BCUT2D eigenvalue weighted by Gasteiger charge is 2.27. The number of carbonyl (C=O) groups is 1. The van der Waals surface area contributed by atoms with Gasteiger partial charge in [0.05, 0.1) is 5.92 Å². The van der Waals surface area contributed by atoms with Crippen LogP contribution in [-0.2, 0) is 4.79 Å². The van der Waals surface area contributed by atoms with Gasteiger partial charge in [-0.1, -0.05) is 6.92 Å². The van der Waals surface area contributed by atoms with Crippen molar-refractivity contribution in [3.63, 3.8) is 0 Å².